The van der Waals surface area contributed by atoms with Gasteiger partial charge in [-0.25, -0.2) is 9.59 Å². The minimum Gasteiger partial charge on any atom is -0.465 e. The first-order valence-electron chi connectivity index (χ1n) is 9.21. The van der Waals surface area contributed by atoms with Crippen molar-refractivity contribution in [2.75, 3.05) is 39.3 Å². The molecule has 0 atom stereocenters. The molecule has 0 radical (unpaired) electrons. The second-order valence-corrected chi connectivity index (χ2v) is 7.32. The summed E-state index contributed by atoms with van der Waals surface area (Å²) in [6.07, 6.45) is 1.82. The van der Waals surface area contributed by atoms with Gasteiger partial charge in [-0.2, -0.15) is 0 Å². The van der Waals surface area contributed by atoms with Crippen LogP contribution in [0.1, 0.15) is 24.8 Å². The molecule has 1 aromatic carbocycles. The summed E-state index contributed by atoms with van der Waals surface area (Å²) in [5, 5.41) is 11.8. The fourth-order valence-corrected chi connectivity index (χ4v) is 3.73. The summed E-state index contributed by atoms with van der Waals surface area (Å²) in [4.78, 5) is 26.5. The molecule has 2 aliphatic rings. The van der Waals surface area contributed by atoms with E-state index in [4.69, 9.17) is 9.84 Å². The molecule has 142 valence electrons. The number of hydrogen-bond acceptors (Lipinski definition) is 4. The van der Waals surface area contributed by atoms with E-state index in [9.17, 15) is 9.59 Å². The van der Waals surface area contributed by atoms with E-state index in [0.717, 1.165) is 44.5 Å². The largest absolute Gasteiger partial charge is 0.465 e. The van der Waals surface area contributed by atoms with Crippen molar-refractivity contribution in [2.45, 2.75) is 25.9 Å². The molecule has 0 bridgehead atoms. The summed E-state index contributed by atoms with van der Waals surface area (Å²) >= 11 is 0. The molecule has 0 unspecified atom stereocenters. The summed E-state index contributed by atoms with van der Waals surface area (Å²) in [7, 11) is 0. The topological polar surface area (TPSA) is 82.1 Å². The van der Waals surface area contributed by atoms with Crippen LogP contribution < -0.4 is 5.32 Å². The van der Waals surface area contributed by atoms with Gasteiger partial charge in [0.05, 0.1) is 0 Å². The average molecular weight is 361 g/mol. The number of likely N-dealkylation sites (tertiary alicyclic amines) is 2. The van der Waals surface area contributed by atoms with Crippen LogP contribution in [0, 0.1) is 5.41 Å². The average Bonchev–Trinajstić information content (AvgIpc) is 2.63. The van der Waals surface area contributed by atoms with Crippen LogP contribution in [-0.2, 0) is 11.3 Å². The van der Waals surface area contributed by atoms with E-state index in [1.807, 2.05) is 30.3 Å². The third-order valence-electron chi connectivity index (χ3n) is 5.37. The quantitative estimate of drug-likeness (QED) is 0.760. The zero-order chi connectivity index (χ0) is 18.4. The highest BCUT2D eigenvalue weighted by Crippen LogP contribution is 2.40. The van der Waals surface area contributed by atoms with E-state index in [1.54, 1.807) is 0 Å². The Kier molecular flexibility index (Phi) is 5.98. The van der Waals surface area contributed by atoms with Crippen LogP contribution in [0.5, 0.6) is 0 Å². The zero-order valence-electron chi connectivity index (χ0n) is 15.0. The van der Waals surface area contributed by atoms with Gasteiger partial charge < -0.3 is 25.0 Å². The van der Waals surface area contributed by atoms with Gasteiger partial charge in [0, 0.05) is 25.0 Å². The third-order valence-corrected chi connectivity index (χ3v) is 5.37. The summed E-state index contributed by atoms with van der Waals surface area (Å²) < 4.78 is 5.18. The smallest absolute Gasteiger partial charge is 0.407 e. The molecule has 26 heavy (non-hydrogen) atoms. The van der Waals surface area contributed by atoms with Gasteiger partial charge in [0.15, 0.2) is 0 Å². The summed E-state index contributed by atoms with van der Waals surface area (Å²) in [5.41, 5.74) is 1.19. The molecule has 2 aliphatic heterocycles. The van der Waals surface area contributed by atoms with E-state index < -0.39 is 6.09 Å². The lowest BCUT2D eigenvalue weighted by atomic mass is 9.72. The van der Waals surface area contributed by atoms with E-state index >= 15 is 0 Å². The molecule has 0 aromatic heterocycles. The Labute approximate surface area is 153 Å². The SMILES string of the molecule is O=C(NCCCN1CCC2(CC1)CN(C(=O)O)C2)OCc1ccccc1. The molecule has 0 saturated carbocycles. The highest BCUT2D eigenvalue weighted by Gasteiger charge is 2.46. The summed E-state index contributed by atoms with van der Waals surface area (Å²) in [6, 6.07) is 9.62. The van der Waals surface area contributed by atoms with E-state index in [2.05, 4.69) is 10.2 Å². The van der Waals surface area contributed by atoms with E-state index in [-0.39, 0.29) is 18.1 Å². The zero-order valence-corrected chi connectivity index (χ0v) is 15.0. The van der Waals surface area contributed by atoms with Gasteiger partial charge in [-0.3, -0.25) is 0 Å². The molecule has 3 rings (SSSR count). The first-order chi connectivity index (χ1) is 12.6. The minimum atomic E-state index is -0.803. The van der Waals surface area contributed by atoms with Gasteiger partial charge in [-0.1, -0.05) is 30.3 Å². The molecule has 2 fully saturated rings. The normalized spacial score (nSPS) is 19.0. The standard InChI is InChI=1S/C19H27N3O4/c23-17(26-13-16-5-2-1-3-6-16)20-9-4-10-21-11-7-19(8-12-21)14-22(15-19)18(24)25/h1-3,5-6H,4,7-15H2,(H,20,23)(H,24,25). The first kappa shape index (κ1) is 18.5. The van der Waals surface area contributed by atoms with Gasteiger partial charge in [-0.15, -0.1) is 0 Å². The number of alkyl carbamates (subject to hydrolysis) is 1. The van der Waals surface area contributed by atoms with Crippen LogP contribution in [0.4, 0.5) is 9.59 Å². The maximum absolute atomic E-state index is 11.7. The number of rotatable bonds is 6. The van der Waals surface area contributed by atoms with Crippen LogP contribution in [0.2, 0.25) is 0 Å². The molecule has 2 heterocycles. The Hall–Kier alpha value is -2.28. The van der Waals surface area contributed by atoms with E-state index in [1.165, 1.54) is 4.90 Å². The Bertz CT molecular complexity index is 606. The Morgan fingerprint density at radius 3 is 2.50 bits per heavy atom. The predicted octanol–water partition coefficient (Wildman–Crippen LogP) is 2.38. The van der Waals surface area contributed by atoms with Crippen LogP contribution in [0.15, 0.2) is 30.3 Å². The van der Waals surface area contributed by atoms with Crippen molar-refractivity contribution in [1.82, 2.24) is 15.1 Å². The minimum absolute atomic E-state index is 0.217. The summed E-state index contributed by atoms with van der Waals surface area (Å²) in [5.74, 6) is 0. The molecule has 7 heteroatoms. The maximum Gasteiger partial charge on any atom is 0.407 e. The Balaban J connectivity index is 1.24. The number of carboxylic acid groups (broad SMARTS) is 1. The molecule has 7 nitrogen and oxygen atoms in total. The number of nitrogens with one attached hydrogen (secondary N) is 1. The fourth-order valence-electron chi connectivity index (χ4n) is 3.73. The van der Waals surface area contributed by atoms with Crippen LogP contribution in [0.25, 0.3) is 0 Å². The maximum atomic E-state index is 11.7. The van der Waals surface area contributed by atoms with Gasteiger partial charge in [-0.05, 0) is 44.5 Å². The number of nitrogens with zero attached hydrogens (tertiary/aromatic N) is 2. The second-order valence-electron chi connectivity index (χ2n) is 7.32. The Morgan fingerprint density at radius 2 is 1.85 bits per heavy atom. The van der Waals surface area contributed by atoms with Crippen molar-refractivity contribution < 1.29 is 19.4 Å². The van der Waals surface area contributed by atoms with Crippen LogP contribution in [0.3, 0.4) is 0 Å². The lowest BCUT2D eigenvalue weighted by Crippen LogP contribution is -2.61. The monoisotopic (exact) mass is 361 g/mol. The van der Waals surface area contributed by atoms with Crippen molar-refractivity contribution in [2.24, 2.45) is 5.41 Å². The van der Waals surface area contributed by atoms with E-state index in [0.29, 0.717) is 19.6 Å². The molecular weight excluding hydrogens is 334 g/mol. The van der Waals surface area contributed by atoms with Gasteiger partial charge >= 0.3 is 12.2 Å². The van der Waals surface area contributed by atoms with Gasteiger partial charge in [0.25, 0.3) is 0 Å². The predicted molar refractivity (Wildman–Crippen MR) is 97.0 cm³/mol. The molecular formula is C19H27N3O4. The highest BCUT2D eigenvalue weighted by molar-refractivity contribution is 5.67. The molecule has 1 aromatic rings. The van der Waals surface area contributed by atoms with Crippen LogP contribution in [-0.4, -0.2) is 66.4 Å². The highest BCUT2D eigenvalue weighted by atomic mass is 16.5. The number of carbonyl (C=O) groups excluding carboxylic acids is 1. The summed E-state index contributed by atoms with van der Waals surface area (Å²) in [6.45, 7) is 5.21. The number of carbonyl (C=O) groups is 2. The molecule has 0 aliphatic carbocycles. The third kappa shape index (κ3) is 4.88. The number of hydrogen-bond donors (Lipinski definition) is 2. The van der Waals surface area contributed by atoms with Crippen molar-refractivity contribution in [3.8, 4) is 0 Å². The molecule has 2 N–H and O–H groups in total. The number of benzene rings is 1. The molecule has 1 spiro atoms. The number of ether oxygens (including phenoxy) is 1. The number of amides is 2. The van der Waals surface area contributed by atoms with Gasteiger partial charge in [0.1, 0.15) is 6.61 Å². The molecule has 2 saturated heterocycles. The Morgan fingerprint density at radius 1 is 1.15 bits per heavy atom. The van der Waals surface area contributed by atoms with Crippen molar-refractivity contribution in [3.63, 3.8) is 0 Å². The van der Waals surface area contributed by atoms with Crippen molar-refractivity contribution >= 4 is 12.2 Å². The second kappa shape index (κ2) is 8.40. The lowest BCUT2D eigenvalue weighted by Gasteiger charge is -2.52. The van der Waals surface area contributed by atoms with Crippen LogP contribution >= 0.6 is 0 Å². The first-order valence-corrected chi connectivity index (χ1v) is 9.21. The van der Waals surface area contributed by atoms with Crippen molar-refractivity contribution in [1.29, 1.82) is 0 Å². The fraction of sp³-hybridized carbons (Fsp3) is 0.579. The molecule has 2 amide bonds. The lowest BCUT2D eigenvalue weighted by molar-refractivity contribution is -0.0338. The van der Waals surface area contributed by atoms with Gasteiger partial charge in [0.2, 0.25) is 0 Å². The van der Waals surface area contributed by atoms with Crippen molar-refractivity contribution in [3.05, 3.63) is 35.9 Å². The number of piperidine rings is 1.